The third-order valence-corrected chi connectivity index (χ3v) is 2.81. The number of nitrogens with two attached hydrogens (primary N) is 1. The second-order valence-electron chi connectivity index (χ2n) is 4.20. The van der Waals surface area contributed by atoms with Gasteiger partial charge in [0, 0.05) is 24.6 Å². The molecule has 1 atom stereocenters. The maximum Gasteiger partial charge on any atom is 0.292 e. The topological polar surface area (TPSA) is 127 Å². The van der Waals surface area contributed by atoms with Gasteiger partial charge in [-0.3, -0.25) is 19.7 Å². The van der Waals surface area contributed by atoms with Crippen molar-refractivity contribution in [3.05, 3.63) is 33.9 Å². The Kier molecular flexibility index (Phi) is 3.32. The molecule has 2 amide bonds. The van der Waals surface area contributed by atoms with Crippen LogP contribution in [0, 0.1) is 10.1 Å². The largest absolute Gasteiger partial charge is 0.374 e. The third kappa shape index (κ3) is 2.79. The van der Waals surface area contributed by atoms with Gasteiger partial charge in [0.2, 0.25) is 11.8 Å². The first-order chi connectivity index (χ1) is 8.97. The Bertz CT molecular complexity index is 558. The molecule has 1 unspecified atom stereocenters. The van der Waals surface area contributed by atoms with E-state index >= 15 is 0 Å². The van der Waals surface area contributed by atoms with Crippen molar-refractivity contribution in [1.82, 2.24) is 5.32 Å². The number of anilines is 1. The molecule has 0 radical (unpaired) electrons. The summed E-state index contributed by atoms with van der Waals surface area (Å²) in [5, 5.41) is 16.4. The van der Waals surface area contributed by atoms with Crippen molar-refractivity contribution >= 4 is 23.2 Å². The molecular weight excluding hydrogens is 252 g/mol. The molecule has 1 aliphatic rings. The number of nitrogens with zero attached hydrogens (tertiary/aromatic N) is 1. The minimum Gasteiger partial charge on any atom is -0.374 e. The summed E-state index contributed by atoms with van der Waals surface area (Å²) in [4.78, 5) is 32.5. The molecule has 1 heterocycles. The van der Waals surface area contributed by atoms with E-state index in [1.807, 2.05) is 0 Å². The Hall–Kier alpha value is -2.64. The highest BCUT2D eigenvalue weighted by Gasteiger charge is 2.24. The van der Waals surface area contributed by atoms with Gasteiger partial charge in [-0.25, -0.2) is 0 Å². The second kappa shape index (κ2) is 4.92. The SMILES string of the molecule is NC(=O)c1ccc([N+](=O)[O-])c(NC2CNC(=O)C2)c1. The molecule has 0 saturated carbocycles. The van der Waals surface area contributed by atoms with E-state index in [0.717, 1.165) is 0 Å². The van der Waals surface area contributed by atoms with E-state index in [1.165, 1.54) is 18.2 Å². The summed E-state index contributed by atoms with van der Waals surface area (Å²) in [6.45, 7) is 0.386. The quantitative estimate of drug-likeness (QED) is 0.520. The van der Waals surface area contributed by atoms with E-state index in [9.17, 15) is 19.7 Å². The lowest BCUT2D eigenvalue weighted by Gasteiger charge is -2.12. The van der Waals surface area contributed by atoms with E-state index in [0.29, 0.717) is 6.54 Å². The van der Waals surface area contributed by atoms with Crippen molar-refractivity contribution in [3.63, 3.8) is 0 Å². The fourth-order valence-corrected chi connectivity index (χ4v) is 1.89. The minimum atomic E-state index is -0.668. The highest BCUT2D eigenvalue weighted by atomic mass is 16.6. The maximum atomic E-state index is 11.1. The third-order valence-electron chi connectivity index (χ3n) is 2.81. The number of carbonyl (C=O) groups is 2. The number of nitrogens with one attached hydrogen (secondary N) is 2. The van der Waals surface area contributed by atoms with Gasteiger partial charge in [-0.1, -0.05) is 0 Å². The molecular formula is C11H12N4O4. The fourth-order valence-electron chi connectivity index (χ4n) is 1.89. The van der Waals surface area contributed by atoms with Crippen LogP contribution in [0.1, 0.15) is 16.8 Å². The number of benzene rings is 1. The monoisotopic (exact) mass is 264 g/mol. The van der Waals surface area contributed by atoms with E-state index in [4.69, 9.17) is 5.73 Å². The normalized spacial score (nSPS) is 17.9. The van der Waals surface area contributed by atoms with Gasteiger partial charge in [-0.05, 0) is 12.1 Å². The maximum absolute atomic E-state index is 11.1. The second-order valence-corrected chi connectivity index (χ2v) is 4.20. The predicted molar refractivity (Wildman–Crippen MR) is 66.7 cm³/mol. The molecule has 19 heavy (non-hydrogen) atoms. The molecule has 100 valence electrons. The van der Waals surface area contributed by atoms with Crippen molar-refractivity contribution < 1.29 is 14.5 Å². The van der Waals surface area contributed by atoms with E-state index < -0.39 is 10.8 Å². The summed E-state index contributed by atoms with van der Waals surface area (Å²) in [6, 6.07) is 3.59. The number of hydrogen-bond acceptors (Lipinski definition) is 5. The smallest absolute Gasteiger partial charge is 0.292 e. The van der Waals surface area contributed by atoms with Gasteiger partial charge < -0.3 is 16.4 Å². The van der Waals surface area contributed by atoms with E-state index in [1.54, 1.807) is 0 Å². The molecule has 0 aliphatic carbocycles. The summed E-state index contributed by atoms with van der Waals surface area (Å²) in [7, 11) is 0. The number of primary amides is 1. The zero-order valence-corrected chi connectivity index (χ0v) is 9.88. The molecule has 1 saturated heterocycles. The van der Waals surface area contributed by atoms with Crippen LogP contribution in [-0.4, -0.2) is 29.3 Å². The summed E-state index contributed by atoms with van der Waals surface area (Å²) < 4.78 is 0. The van der Waals surface area contributed by atoms with E-state index in [2.05, 4.69) is 10.6 Å². The van der Waals surface area contributed by atoms with Crippen molar-refractivity contribution in [2.75, 3.05) is 11.9 Å². The number of nitro benzene ring substituents is 1. The van der Waals surface area contributed by atoms with Crippen LogP contribution in [0.4, 0.5) is 11.4 Å². The van der Waals surface area contributed by atoms with Crippen LogP contribution in [0.5, 0.6) is 0 Å². The summed E-state index contributed by atoms with van der Waals surface area (Å²) in [5.41, 5.74) is 5.33. The fraction of sp³-hybridized carbons (Fsp3) is 0.273. The first-order valence-electron chi connectivity index (χ1n) is 5.59. The van der Waals surface area contributed by atoms with Crippen LogP contribution in [-0.2, 0) is 4.79 Å². The molecule has 1 aromatic carbocycles. The zero-order valence-electron chi connectivity index (χ0n) is 9.88. The molecule has 1 aromatic rings. The van der Waals surface area contributed by atoms with Gasteiger partial charge in [0.1, 0.15) is 5.69 Å². The van der Waals surface area contributed by atoms with Gasteiger partial charge in [-0.2, -0.15) is 0 Å². The predicted octanol–water partition coefficient (Wildman–Crippen LogP) is -0.00590. The minimum absolute atomic E-state index is 0.119. The summed E-state index contributed by atoms with van der Waals surface area (Å²) >= 11 is 0. The van der Waals surface area contributed by atoms with Crippen LogP contribution >= 0.6 is 0 Å². The van der Waals surface area contributed by atoms with Crippen molar-refractivity contribution in [3.8, 4) is 0 Å². The van der Waals surface area contributed by atoms with E-state index in [-0.39, 0.29) is 35.3 Å². The van der Waals surface area contributed by atoms with Crippen LogP contribution in [0.15, 0.2) is 18.2 Å². The average molecular weight is 264 g/mol. The molecule has 1 fully saturated rings. The Morgan fingerprint density at radius 2 is 2.26 bits per heavy atom. The Balaban J connectivity index is 2.29. The lowest BCUT2D eigenvalue weighted by Crippen LogP contribution is -2.23. The van der Waals surface area contributed by atoms with Crippen molar-refractivity contribution in [1.29, 1.82) is 0 Å². The summed E-state index contributed by atoms with van der Waals surface area (Å²) in [5.74, 6) is -0.787. The molecule has 1 aliphatic heterocycles. The molecule has 0 aromatic heterocycles. The first kappa shape index (κ1) is 12.8. The number of nitro groups is 1. The summed E-state index contributed by atoms with van der Waals surface area (Å²) in [6.07, 6.45) is 0.234. The van der Waals surface area contributed by atoms with Crippen LogP contribution in [0.3, 0.4) is 0 Å². The molecule has 8 nitrogen and oxygen atoms in total. The van der Waals surface area contributed by atoms with Gasteiger partial charge in [0.15, 0.2) is 0 Å². The Labute approximate surface area is 108 Å². The lowest BCUT2D eigenvalue weighted by atomic mass is 10.1. The highest BCUT2D eigenvalue weighted by molar-refractivity contribution is 5.94. The van der Waals surface area contributed by atoms with Crippen LogP contribution in [0.2, 0.25) is 0 Å². The number of rotatable bonds is 4. The molecule has 0 bridgehead atoms. The van der Waals surface area contributed by atoms with Crippen molar-refractivity contribution in [2.45, 2.75) is 12.5 Å². The lowest BCUT2D eigenvalue weighted by molar-refractivity contribution is -0.384. The molecule has 0 spiro atoms. The molecule has 2 rings (SSSR count). The van der Waals surface area contributed by atoms with Crippen LogP contribution < -0.4 is 16.4 Å². The van der Waals surface area contributed by atoms with Gasteiger partial charge in [-0.15, -0.1) is 0 Å². The highest BCUT2D eigenvalue weighted by Crippen LogP contribution is 2.26. The Morgan fingerprint density at radius 3 is 2.79 bits per heavy atom. The van der Waals surface area contributed by atoms with Gasteiger partial charge >= 0.3 is 0 Å². The molecule has 8 heteroatoms. The average Bonchev–Trinajstić information content (AvgIpc) is 2.74. The number of hydrogen-bond donors (Lipinski definition) is 3. The Morgan fingerprint density at radius 1 is 1.53 bits per heavy atom. The van der Waals surface area contributed by atoms with Gasteiger partial charge in [0.25, 0.3) is 5.69 Å². The standard InChI is InChI=1S/C11H12N4O4/c12-11(17)6-1-2-9(15(18)19)8(3-6)14-7-4-10(16)13-5-7/h1-3,7,14H,4-5H2,(H2,12,17)(H,13,16). The first-order valence-corrected chi connectivity index (χ1v) is 5.59. The zero-order chi connectivity index (χ0) is 14.0. The number of carbonyl (C=O) groups excluding carboxylic acids is 2. The van der Waals surface area contributed by atoms with Crippen LogP contribution in [0.25, 0.3) is 0 Å². The molecule has 4 N–H and O–H groups in total. The van der Waals surface area contributed by atoms with Crippen molar-refractivity contribution in [2.24, 2.45) is 5.73 Å². The van der Waals surface area contributed by atoms with Gasteiger partial charge in [0.05, 0.1) is 11.0 Å². The number of amides is 2.